The van der Waals surface area contributed by atoms with Crippen LogP contribution >= 0.6 is 0 Å². The summed E-state index contributed by atoms with van der Waals surface area (Å²) in [5, 5.41) is 2.38. The summed E-state index contributed by atoms with van der Waals surface area (Å²) in [5.74, 6) is 1.60. The number of aryl methyl sites for hydroxylation is 1. The molecule has 0 fully saturated rings. The van der Waals surface area contributed by atoms with E-state index in [2.05, 4.69) is 12.1 Å². The van der Waals surface area contributed by atoms with Crippen molar-refractivity contribution >= 4 is 10.8 Å². The number of hydrogen-bond acceptors (Lipinski definition) is 2. The summed E-state index contributed by atoms with van der Waals surface area (Å²) in [6.07, 6.45) is 0. The van der Waals surface area contributed by atoms with Crippen LogP contribution in [0.4, 0.5) is 0 Å². The van der Waals surface area contributed by atoms with Crippen molar-refractivity contribution in [1.29, 1.82) is 0 Å². The number of ether oxygens (including phenoxy) is 2. The third-order valence-corrected chi connectivity index (χ3v) is 2.64. The molecular weight excluding hydrogens is 188 g/mol. The van der Waals surface area contributed by atoms with E-state index in [4.69, 9.17) is 9.47 Å². The topological polar surface area (TPSA) is 18.5 Å². The quantitative estimate of drug-likeness (QED) is 0.744. The van der Waals surface area contributed by atoms with E-state index >= 15 is 0 Å². The molecular formula is C13H14O2. The maximum Gasteiger partial charge on any atom is 0.164 e. The van der Waals surface area contributed by atoms with E-state index in [0.717, 1.165) is 17.1 Å². The van der Waals surface area contributed by atoms with Gasteiger partial charge in [-0.1, -0.05) is 24.3 Å². The lowest BCUT2D eigenvalue weighted by molar-refractivity contribution is 0.354. The Morgan fingerprint density at radius 1 is 1.00 bits per heavy atom. The third kappa shape index (κ3) is 1.52. The molecule has 78 valence electrons. The zero-order valence-electron chi connectivity index (χ0n) is 9.20. The van der Waals surface area contributed by atoms with Gasteiger partial charge in [-0.2, -0.15) is 0 Å². The smallest absolute Gasteiger partial charge is 0.164 e. The molecule has 2 nitrogen and oxygen atoms in total. The zero-order chi connectivity index (χ0) is 10.8. The summed E-state index contributed by atoms with van der Waals surface area (Å²) in [6.45, 7) is 2.05. The lowest BCUT2D eigenvalue weighted by Crippen LogP contribution is -1.94. The number of methoxy groups -OCH3 is 2. The van der Waals surface area contributed by atoms with Gasteiger partial charge < -0.3 is 9.47 Å². The average Bonchev–Trinajstić information content (AvgIpc) is 2.29. The van der Waals surface area contributed by atoms with Crippen LogP contribution in [0.25, 0.3) is 10.8 Å². The van der Waals surface area contributed by atoms with Gasteiger partial charge in [0.2, 0.25) is 0 Å². The van der Waals surface area contributed by atoms with Crippen LogP contribution in [-0.4, -0.2) is 14.2 Å². The fourth-order valence-corrected chi connectivity index (χ4v) is 1.88. The van der Waals surface area contributed by atoms with E-state index in [9.17, 15) is 0 Å². The summed E-state index contributed by atoms with van der Waals surface area (Å²) in [4.78, 5) is 0. The Bertz CT molecular complexity index is 489. The maximum atomic E-state index is 5.35. The number of rotatable bonds is 2. The standard InChI is InChI=1S/C13H14O2/c1-9-11-7-5-4-6-10(11)8-12(14-2)13(9)15-3/h4-8H,1-3H3. The molecule has 2 rings (SSSR count). The first kappa shape index (κ1) is 9.84. The van der Waals surface area contributed by atoms with Crippen LogP contribution in [0.3, 0.4) is 0 Å². The minimum absolute atomic E-state index is 0.786. The van der Waals surface area contributed by atoms with E-state index in [0.29, 0.717) is 0 Å². The molecule has 2 heteroatoms. The molecule has 0 unspecified atom stereocenters. The van der Waals surface area contributed by atoms with Crippen LogP contribution in [0.2, 0.25) is 0 Å². The second-order valence-corrected chi connectivity index (χ2v) is 3.46. The van der Waals surface area contributed by atoms with Gasteiger partial charge in [0.05, 0.1) is 14.2 Å². The molecule has 0 saturated heterocycles. The van der Waals surface area contributed by atoms with Crippen LogP contribution < -0.4 is 9.47 Å². The van der Waals surface area contributed by atoms with E-state index in [1.165, 1.54) is 10.8 Å². The summed E-state index contributed by atoms with van der Waals surface area (Å²) in [7, 11) is 3.33. The van der Waals surface area contributed by atoms with Gasteiger partial charge in [-0.3, -0.25) is 0 Å². The first-order valence-electron chi connectivity index (χ1n) is 4.88. The lowest BCUT2D eigenvalue weighted by Gasteiger charge is -2.12. The molecule has 0 saturated carbocycles. The highest BCUT2D eigenvalue weighted by atomic mass is 16.5. The Morgan fingerprint density at radius 2 is 1.73 bits per heavy atom. The third-order valence-electron chi connectivity index (χ3n) is 2.64. The molecule has 0 aliphatic heterocycles. The van der Waals surface area contributed by atoms with Gasteiger partial charge in [0.15, 0.2) is 11.5 Å². The van der Waals surface area contributed by atoms with Crippen molar-refractivity contribution in [3.63, 3.8) is 0 Å². The highest BCUT2D eigenvalue weighted by Crippen LogP contribution is 2.36. The molecule has 0 aliphatic carbocycles. The molecule has 0 aliphatic rings. The Labute approximate surface area is 89.4 Å². The molecule has 2 aromatic rings. The predicted octanol–water partition coefficient (Wildman–Crippen LogP) is 3.17. The number of hydrogen-bond donors (Lipinski definition) is 0. The van der Waals surface area contributed by atoms with Gasteiger partial charge in [0.25, 0.3) is 0 Å². The van der Waals surface area contributed by atoms with E-state index in [-0.39, 0.29) is 0 Å². The molecule has 15 heavy (non-hydrogen) atoms. The van der Waals surface area contributed by atoms with Gasteiger partial charge >= 0.3 is 0 Å². The zero-order valence-corrected chi connectivity index (χ0v) is 9.20. The van der Waals surface area contributed by atoms with Crippen molar-refractivity contribution < 1.29 is 9.47 Å². The van der Waals surface area contributed by atoms with Crippen LogP contribution in [0.1, 0.15) is 5.56 Å². The Kier molecular flexibility index (Phi) is 2.50. The maximum absolute atomic E-state index is 5.35. The average molecular weight is 202 g/mol. The lowest BCUT2D eigenvalue weighted by atomic mass is 10.0. The first-order valence-corrected chi connectivity index (χ1v) is 4.88. The van der Waals surface area contributed by atoms with Crippen molar-refractivity contribution in [3.05, 3.63) is 35.9 Å². The molecule has 0 heterocycles. The van der Waals surface area contributed by atoms with Crippen molar-refractivity contribution in [2.45, 2.75) is 6.92 Å². The fraction of sp³-hybridized carbons (Fsp3) is 0.231. The van der Waals surface area contributed by atoms with E-state index in [1.807, 2.05) is 25.1 Å². The molecule has 0 bridgehead atoms. The summed E-state index contributed by atoms with van der Waals surface area (Å²) < 4.78 is 10.7. The van der Waals surface area contributed by atoms with Crippen molar-refractivity contribution in [2.24, 2.45) is 0 Å². The van der Waals surface area contributed by atoms with Crippen LogP contribution in [-0.2, 0) is 0 Å². The molecule has 0 N–H and O–H groups in total. The highest BCUT2D eigenvalue weighted by Gasteiger charge is 2.10. The molecule has 0 spiro atoms. The van der Waals surface area contributed by atoms with Crippen molar-refractivity contribution in [2.75, 3.05) is 14.2 Å². The largest absolute Gasteiger partial charge is 0.493 e. The summed E-state index contributed by atoms with van der Waals surface area (Å²) >= 11 is 0. The minimum atomic E-state index is 0.786. The number of benzene rings is 2. The molecule has 0 amide bonds. The Morgan fingerprint density at radius 3 is 2.40 bits per heavy atom. The first-order chi connectivity index (χ1) is 7.27. The van der Waals surface area contributed by atoms with Crippen LogP contribution in [0.15, 0.2) is 30.3 Å². The van der Waals surface area contributed by atoms with Gasteiger partial charge in [0, 0.05) is 5.56 Å². The molecule has 0 radical (unpaired) electrons. The Balaban J connectivity index is 2.81. The van der Waals surface area contributed by atoms with Crippen LogP contribution in [0.5, 0.6) is 11.5 Å². The molecule has 0 atom stereocenters. The van der Waals surface area contributed by atoms with Crippen molar-refractivity contribution in [1.82, 2.24) is 0 Å². The molecule has 0 aromatic heterocycles. The number of fused-ring (bicyclic) bond motifs is 1. The van der Waals surface area contributed by atoms with E-state index in [1.54, 1.807) is 14.2 Å². The normalized spacial score (nSPS) is 10.3. The van der Waals surface area contributed by atoms with Gasteiger partial charge in [-0.25, -0.2) is 0 Å². The molecule has 2 aromatic carbocycles. The van der Waals surface area contributed by atoms with Gasteiger partial charge in [-0.15, -0.1) is 0 Å². The fourth-order valence-electron chi connectivity index (χ4n) is 1.88. The second-order valence-electron chi connectivity index (χ2n) is 3.46. The Hall–Kier alpha value is -1.70. The summed E-state index contributed by atoms with van der Waals surface area (Å²) in [6, 6.07) is 10.2. The monoisotopic (exact) mass is 202 g/mol. The van der Waals surface area contributed by atoms with Gasteiger partial charge in [-0.05, 0) is 23.8 Å². The van der Waals surface area contributed by atoms with Crippen LogP contribution in [0, 0.1) is 6.92 Å². The minimum Gasteiger partial charge on any atom is -0.493 e. The van der Waals surface area contributed by atoms with E-state index < -0.39 is 0 Å². The SMILES string of the molecule is COc1cc2ccccc2c(C)c1OC. The highest BCUT2D eigenvalue weighted by molar-refractivity contribution is 5.89. The summed E-state index contributed by atoms with van der Waals surface area (Å²) in [5.41, 5.74) is 1.12. The van der Waals surface area contributed by atoms with Crippen molar-refractivity contribution in [3.8, 4) is 11.5 Å². The van der Waals surface area contributed by atoms with Gasteiger partial charge in [0.1, 0.15) is 0 Å². The second kappa shape index (κ2) is 3.81. The predicted molar refractivity (Wildman–Crippen MR) is 61.8 cm³/mol.